The standard InChI is InChI=1S/C24H27N3O6/c1-30-18-8-6-17(7-9-18)22-14-21(26-33-22)24(29)27(16-20-5-3-13-32-20)11-10-23(28)25-15-19-4-2-12-31-19/h2,4,6-9,12,14,20H,3,5,10-11,13,15-16H2,1H3,(H,25,28)/t20-/m0/s1. The van der Waals surface area contributed by atoms with Crippen LogP contribution in [0, 0.1) is 0 Å². The maximum atomic E-state index is 13.2. The monoisotopic (exact) mass is 453 g/mol. The summed E-state index contributed by atoms with van der Waals surface area (Å²) in [4.78, 5) is 27.1. The molecule has 0 spiro atoms. The number of hydrogen-bond acceptors (Lipinski definition) is 7. The number of carbonyl (C=O) groups excluding carboxylic acids is 2. The summed E-state index contributed by atoms with van der Waals surface area (Å²) in [7, 11) is 1.60. The summed E-state index contributed by atoms with van der Waals surface area (Å²) in [6, 6.07) is 12.5. The molecule has 1 aromatic carbocycles. The lowest BCUT2D eigenvalue weighted by molar-refractivity contribution is -0.121. The summed E-state index contributed by atoms with van der Waals surface area (Å²) in [6.45, 7) is 1.63. The number of amides is 2. The summed E-state index contributed by atoms with van der Waals surface area (Å²) in [5, 5.41) is 6.78. The molecule has 174 valence electrons. The van der Waals surface area contributed by atoms with Crippen molar-refractivity contribution in [2.24, 2.45) is 0 Å². The number of benzene rings is 1. The number of nitrogens with zero attached hydrogens (tertiary/aromatic N) is 2. The number of ether oxygens (including phenoxy) is 2. The minimum absolute atomic E-state index is 0.0481. The van der Waals surface area contributed by atoms with Gasteiger partial charge in [-0.3, -0.25) is 9.59 Å². The molecule has 0 bridgehead atoms. The van der Waals surface area contributed by atoms with Crippen molar-refractivity contribution < 1.29 is 28.0 Å². The van der Waals surface area contributed by atoms with Crippen molar-refractivity contribution >= 4 is 11.8 Å². The third kappa shape index (κ3) is 6.01. The van der Waals surface area contributed by atoms with Crippen molar-refractivity contribution in [2.45, 2.75) is 31.9 Å². The molecule has 4 rings (SSSR count). The average molecular weight is 453 g/mol. The van der Waals surface area contributed by atoms with E-state index in [1.807, 2.05) is 24.3 Å². The Morgan fingerprint density at radius 2 is 2.09 bits per heavy atom. The van der Waals surface area contributed by atoms with Crippen LogP contribution in [0.2, 0.25) is 0 Å². The minimum Gasteiger partial charge on any atom is -0.497 e. The van der Waals surface area contributed by atoms with E-state index in [1.54, 1.807) is 36.5 Å². The van der Waals surface area contributed by atoms with Crippen molar-refractivity contribution in [3.05, 3.63) is 60.2 Å². The van der Waals surface area contributed by atoms with Crippen LogP contribution >= 0.6 is 0 Å². The fourth-order valence-corrected chi connectivity index (χ4v) is 3.66. The van der Waals surface area contributed by atoms with E-state index in [4.69, 9.17) is 18.4 Å². The molecule has 9 nitrogen and oxygen atoms in total. The lowest BCUT2D eigenvalue weighted by Crippen LogP contribution is -2.40. The number of nitrogens with one attached hydrogen (secondary N) is 1. The van der Waals surface area contributed by atoms with Crippen LogP contribution in [0.15, 0.2) is 57.7 Å². The number of carbonyl (C=O) groups is 2. The summed E-state index contributed by atoms with van der Waals surface area (Å²) in [5.41, 5.74) is 0.972. The third-order valence-corrected chi connectivity index (χ3v) is 5.49. The lowest BCUT2D eigenvalue weighted by Gasteiger charge is -2.24. The average Bonchev–Trinajstić information content (AvgIpc) is 3.63. The van der Waals surface area contributed by atoms with Crippen LogP contribution in [0.3, 0.4) is 0 Å². The van der Waals surface area contributed by atoms with Gasteiger partial charge in [0.2, 0.25) is 5.91 Å². The lowest BCUT2D eigenvalue weighted by atomic mass is 10.1. The first-order valence-electron chi connectivity index (χ1n) is 10.9. The molecular weight excluding hydrogens is 426 g/mol. The maximum absolute atomic E-state index is 13.2. The molecule has 1 N–H and O–H groups in total. The van der Waals surface area contributed by atoms with E-state index in [1.165, 1.54) is 0 Å². The second-order valence-electron chi connectivity index (χ2n) is 7.80. The number of furan rings is 1. The van der Waals surface area contributed by atoms with Crippen molar-refractivity contribution in [1.82, 2.24) is 15.4 Å². The Bertz CT molecular complexity index is 1040. The smallest absolute Gasteiger partial charge is 0.276 e. The van der Waals surface area contributed by atoms with Crippen LogP contribution in [0.1, 0.15) is 35.5 Å². The van der Waals surface area contributed by atoms with Gasteiger partial charge in [-0.2, -0.15) is 0 Å². The molecule has 2 amide bonds. The van der Waals surface area contributed by atoms with E-state index in [9.17, 15) is 9.59 Å². The molecule has 9 heteroatoms. The Hall–Kier alpha value is -3.59. The van der Waals surface area contributed by atoms with E-state index in [0.29, 0.717) is 31.2 Å². The SMILES string of the molecule is COc1ccc(-c2cc(C(=O)N(CCC(=O)NCc3ccco3)C[C@@H]3CCCO3)no2)cc1. The van der Waals surface area contributed by atoms with Crippen LogP contribution in [0.4, 0.5) is 0 Å². The fraction of sp³-hybridized carbons (Fsp3) is 0.375. The molecule has 1 aliphatic heterocycles. The van der Waals surface area contributed by atoms with Gasteiger partial charge in [0, 0.05) is 37.7 Å². The van der Waals surface area contributed by atoms with Crippen molar-refractivity contribution in [2.75, 3.05) is 26.8 Å². The first kappa shape index (κ1) is 22.6. The molecule has 1 atom stereocenters. The van der Waals surface area contributed by atoms with Crippen molar-refractivity contribution in [3.63, 3.8) is 0 Å². The molecule has 0 aliphatic carbocycles. The predicted molar refractivity (Wildman–Crippen MR) is 119 cm³/mol. The summed E-state index contributed by atoms with van der Waals surface area (Å²) in [5.74, 6) is 1.41. The molecule has 1 fully saturated rings. The summed E-state index contributed by atoms with van der Waals surface area (Å²) in [6.07, 6.45) is 3.50. The normalized spacial score (nSPS) is 15.4. The number of methoxy groups -OCH3 is 1. The van der Waals surface area contributed by atoms with E-state index in [-0.39, 0.29) is 36.6 Å². The summed E-state index contributed by atoms with van der Waals surface area (Å²) < 4.78 is 21.5. The van der Waals surface area contributed by atoms with E-state index in [2.05, 4.69) is 10.5 Å². The van der Waals surface area contributed by atoms with Crippen LogP contribution in [-0.2, 0) is 16.1 Å². The molecule has 1 aliphatic rings. The van der Waals surface area contributed by atoms with Crippen LogP contribution < -0.4 is 10.1 Å². The van der Waals surface area contributed by atoms with Crippen LogP contribution in [0.5, 0.6) is 5.75 Å². The molecule has 0 radical (unpaired) electrons. The molecule has 3 heterocycles. The highest BCUT2D eigenvalue weighted by Gasteiger charge is 2.26. The van der Waals surface area contributed by atoms with Crippen molar-refractivity contribution in [1.29, 1.82) is 0 Å². The number of rotatable bonds is 10. The molecule has 2 aromatic heterocycles. The van der Waals surface area contributed by atoms with E-state index >= 15 is 0 Å². The highest BCUT2D eigenvalue weighted by molar-refractivity contribution is 5.93. The third-order valence-electron chi connectivity index (χ3n) is 5.49. The second-order valence-corrected chi connectivity index (χ2v) is 7.80. The fourth-order valence-electron chi connectivity index (χ4n) is 3.66. The Balaban J connectivity index is 1.40. The second kappa shape index (κ2) is 10.8. The zero-order valence-corrected chi connectivity index (χ0v) is 18.5. The van der Waals surface area contributed by atoms with Gasteiger partial charge in [-0.1, -0.05) is 5.16 Å². The quantitative estimate of drug-likeness (QED) is 0.502. The molecule has 33 heavy (non-hydrogen) atoms. The molecule has 0 saturated carbocycles. The van der Waals surface area contributed by atoms with E-state index in [0.717, 1.165) is 24.2 Å². The summed E-state index contributed by atoms with van der Waals surface area (Å²) >= 11 is 0. The highest BCUT2D eigenvalue weighted by atomic mass is 16.5. The largest absolute Gasteiger partial charge is 0.497 e. The molecular formula is C24H27N3O6. The maximum Gasteiger partial charge on any atom is 0.276 e. The molecule has 0 unspecified atom stereocenters. The van der Waals surface area contributed by atoms with Gasteiger partial charge in [0.25, 0.3) is 5.91 Å². The zero-order valence-electron chi connectivity index (χ0n) is 18.5. The zero-order chi connectivity index (χ0) is 23.0. The van der Waals surface area contributed by atoms with Gasteiger partial charge in [0.15, 0.2) is 11.5 Å². The van der Waals surface area contributed by atoms with Gasteiger partial charge in [-0.15, -0.1) is 0 Å². The minimum atomic E-state index is -0.298. The van der Waals surface area contributed by atoms with Gasteiger partial charge in [0.05, 0.1) is 26.0 Å². The van der Waals surface area contributed by atoms with Crippen molar-refractivity contribution in [3.8, 4) is 17.1 Å². The van der Waals surface area contributed by atoms with Gasteiger partial charge in [0.1, 0.15) is 11.5 Å². The predicted octanol–water partition coefficient (Wildman–Crippen LogP) is 3.27. The first-order chi connectivity index (χ1) is 16.1. The number of hydrogen-bond donors (Lipinski definition) is 1. The Morgan fingerprint density at radius 3 is 2.79 bits per heavy atom. The van der Waals surface area contributed by atoms with Gasteiger partial charge >= 0.3 is 0 Å². The Morgan fingerprint density at radius 1 is 1.24 bits per heavy atom. The molecule has 3 aromatic rings. The Kier molecular flexibility index (Phi) is 7.41. The van der Waals surface area contributed by atoms with Crippen LogP contribution in [-0.4, -0.2) is 54.8 Å². The van der Waals surface area contributed by atoms with Gasteiger partial charge in [-0.05, 0) is 49.2 Å². The molecule has 1 saturated heterocycles. The number of aromatic nitrogens is 1. The topological polar surface area (TPSA) is 107 Å². The first-order valence-corrected chi connectivity index (χ1v) is 10.9. The highest BCUT2D eigenvalue weighted by Crippen LogP contribution is 2.24. The van der Waals surface area contributed by atoms with Crippen LogP contribution in [0.25, 0.3) is 11.3 Å². The van der Waals surface area contributed by atoms with E-state index < -0.39 is 0 Å². The van der Waals surface area contributed by atoms with Gasteiger partial charge in [-0.25, -0.2) is 0 Å². The Labute approximate surface area is 191 Å². The van der Waals surface area contributed by atoms with Gasteiger partial charge < -0.3 is 28.6 Å².